The Hall–Kier alpha value is -2.93. The minimum absolute atomic E-state index is 0.0105. The van der Waals surface area contributed by atoms with Crippen molar-refractivity contribution in [1.29, 1.82) is 0 Å². The Labute approximate surface area is 171 Å². The zero-order valence-electron chi connectivity index (χ0n) is 17.4. The molecule has 0 fully saturated rings. The molecule has 2 N–H and O–H groups in total. The zero-order chi connectivity index (χ0) is 21.2. The highest BCUT2D eigenvalue weighted by molar-refractivity contribution is 5.94. The van der Waals surface area contributed by atoms with E-state index in [1.54, 1.807) is 45.3 Å². The van der Waals surface area contributed by atoms with Crippen molar-refractivity contribution in [2.45, 2.75) is 12.5 Å². The van der Waals surface area contributed by atoms with Crippen LogP contribution in [0.5, 0.6) is 0 Å². The van der Waals surface area contributed by atoms with Crippen molar-refractivity contribution in [3.05, 3.63) is 71.0 Å². The van der Waals surface area contributed by atoms with E-state index in [2.05, 4.69) is 15.6 Å². The Balaban J connectivity index is 1.85. The second-order valence-corrected chi connectivity index (χ2v) is 6.81. The molecule has 0 radical (unpaired) electrons. The highest BCUT2D eigenvalue weighted by Gasteiger charge is 2.12. The number of aliphatic imine (C=N–C) groups is 1. The highest BCUT2D eigenvalue weighted by Crippen LogP contribution is 2.16. The van der Waals surface area contributed by atoms with Crippen molar-refractivity contribution in [3.63, 3.8) is 0 Å². The number of amides is 1. The van der Waals surface area contributed by atoms with Gasteiger partial charge in [-0.3, -0.25) is 9.79 Å². The van der Waals surface area contributed by atoms with Gasteiger partial charge in [-0.2, -0.15) is 0 Å². The summed E-state index contributed by atoms with van der Waals surface area (Å²) in [5, 5.41) is 6.48. The van der Waals surface area contributed by atoms with Crippen molar-refractivity contribution in [3.8, 4) is 0 Å². The number of carbonyl (C=O) groups is 1. The molecule has 2 rings (SSSR count). The maximum Gasteiger partial charge on any atom is 0.253 e. The minimum atomic E-state index is -0.273. The average Bonchev–Trinajstić information content (AvgIpc) is 2.73. The van der Waals surface area contributed by atoms with E-state index >= 15 is 0 Å². The van der Waals surface area contributed by atoms with Gasteiger partial charge in [0.15, 0.2) is 5.96 Å². The predicted molar refractivity (Wildman–Crippen MR) is 114 cm³/mol. The smallest absolute Gasteiger partial charge is 0.253 e. The summed E-state index contributed by atoms with van der Waals surface area (Å²) in [5.41, 5.74) is 2.64. The van der Waals surface area contributed by atoms with Crippen LogP contribution in [0.3, 0.4) is 0 Å². The quantitative estimate of drug-likeness (QED) is 0.528. The summed E-state index contributed by atoms with van der Waals surface area (Å²) in [6.45, 7) is 1.15. The summed E-state index contributed by atoms with van der Waals surface area (Å²) in [6.07, 6.45) is 0.531. The van der Waals surface area contributed by atoms with Crippen molar-refractivity contribution in [2.24, 2.45) is 4.99 Å². The molecule has 7 heteroatoms. The lowest BCUT2D eigenvalue weighted by molar-refractivity contribution is 0.0827. The molecule has 29 heavy (non-hydrogen) atoms. The molecule has 0 saturated heterocycles. The Morgan fingerprint density at radius 2 is 1.90 bits per heavy atom. The molecule has 0 aliphatic heterocycles. The van der Waals surface area contributed by atoms with E-state index in [0.29, 0.717) is 24.6 Å². The maximum atomic E-state index is 13.1. The van der Waals surface area contributed by atoms with Crippen molar-refractivity contribution >= 4 is 11.9 Å². The van der Waals surface area contributed by atoms with E-state index in [4.69, 9.17) is 4.74 Å². The van der Waals surface area contributed by atoms with Crippen LogP contribution in [-0.2, 0) is 11.2 Å². The van der Waals surface area contributed by atoms with Crippen LogP contribution >= 0.6 is 0 Å². The van der Waals surface area contributed by atoms with Crippen LogP contribution in [0.1, 0.15) is 27.6 Å². The van der Waals surface area contributed by atoms with Gasteiger partial charge in [-0.05, 0) is 41.8 Å². The number of carbonyl (C=O) groups excluding carboxylic acids is 1. The van der Waals surface area contributed by atoms with Gasteiger partial charge in [-0.1, -0.05) is 24.3 Å². The van der Waals surface area contributed by atoms with Crippen molar-refractivity contribution in [2.75, 3.05) is 41.3 Å². The summed E-state index contributed by atoms with van der Waals surface area (Å²) < 4.78 is 18.6. The summed E-state index contributed by atoms with van der Waals surface area (Å²) in [4.78, 5) is 17.9. The fourth-order valence-corrected chi connectivity index (χ4v) is 2.87. The normalized spacial score (nSPS) is 12.4. The number of ether oxygens (including phenoxy) is 1. The summed E-state index contributed by atoms with van der Waals surface area (Å²) >= 11 is 0. The first kappa shape index (κ1) is 22.4. The number of nitrogens with one attached hydrogen (secondary N) is 2. The number of halogens is 1. The molecule has 0 heterocycles. The molecule has 156 valence electrons. The zero-order valence-corrected chi connectivity index (χ0v) is 17.4. The lowest BCUT2D eigenvalue weighted by Crippen LogP contribution is -2.40. The molecular weight excluding hydrogens is 371 g/mol. The first-order chi connectivity index (χ1) is 13.9. The third kappa shape index (κ3) is 6.87. The van der Waals surface area contributed by atoms with Crippen LogP contribution in [0.15, 0.2) is 53.5 Å². The minimum Gasteiger partial charge on any atom is -0.375 e. The van der Waals surface area contributed by atoms with Gasteiger partial charge in [0.25, 0.3) is 5.91 Å². The first-order valence-corrected chi connectivity index (χ1v) is 9.48. The first-order valence-electron chi connectivity index (χ1n) is 9.48. The molecule has 0 aliphatic carbocycles. The Morgan fingerprint density at radius 3 is 2.52 bits per heavy atom. The third-order valence-electron chi connectivity index (χ3n) is 4.49. The Bertz CT molecular complexity index is 822. The van der Waals surface area contributed by atoms with Crippen LogP contribution in [-0.4, -0.2) is 58.1 Å². The number of hydrogen-bond donors (Lipinski definition) is 2. The topological polar surface area (TPSA) is 66.0 Å². The standard InChI is InChI=1S/C22H29FN4O2/c1-24-22(26-15-20(29-4)17-8-10-19(23)11-9-17)25-13-12-16-6-5-7-18(14-16)21(28)27(2)3/h5-11,14,20H,12-13,15H2,1-4H3,(H2,24,25,26). The molecule has 2 aromatic rings. The van der Waals surface area contributed by atoms with Gasteiger partial charge in [0.1, 0.15) is 5.82 Å². The van der Waals surface area contributed by atoms with Crippen LogP contribution in [0.25, 0.3) is 0 Å². The van der Waals surface area contributed by atoms with Gasteiger partial charge >= 0.3 is 0 Å². The Morgan fingerprint density at radius 1 is 1.17 bits per heavy atom. The predicted octanol–water partition coefficient (Wildman–Crippen LogP) is 2.62. The highest BCUT2D eigenvalue weighted by atomic mass is 19.1. The van der Waals surface area contributed by atoms with Gasteiger partial charge < -0.3 is 20.3 Å². The van der Waals surface area contributed by atoms with E-state index in [-0.39, 0.29) is 17.8 Å². The number of guanidine groups is 1. The Kier molecular flexibility index (Phi) is 8.61. The van der Waals surface area contributed by atoms with Crippen molar-refractivity contribution in [1.82, 2.24) is 15.5 Å². The fraction of sp³-hybridized carbons (Fsp3) is 0.364. The van der Waals surface area contributed by atoms with Gasteiger partial charge in [0, 0.05) is 46.9 Å². The summed E-state index contributed by atoms with van der Waals surface area (Å²) in [7, 11) is 6.80. The number of methoxy groups -OCH3 is 1. The van der Waals surface area contributed by atoms with Gasteiger partial charge in [-0.25, -0.2) is 4.39 Å². The molecule has 1 unspecified atom stereocenters. The van der Waals surface area contributed by atoms with Crippen LogP contribution < -0.4 is 10.6 Å². The lowest BCUT2D eigenvalue weighted by atomic mass is 10.1. The largest absolute Gasteiger partial charge is 0.375 e. The molecular formula is C22H29FN4O2. The SMILES string of the molecule is CN=C(NCCc1cccc(C(=O)N(C)C)c1)NCC(OC)c1ccc(F)cc1. The molecule has 0 aromatic heterocycles. The number of rotatable bonds is 8. The van der Waals surface area contributed by atoms with Gasteiger partial charge in [0.2, 0.25) is 0 Å². The van der Waals surface area contributed by atoms with E-state index < -0.39 is 0 Å². The van der Waals surface area contributed by atoms with E-state index in [0.717, 1.165) is 17.5 Å². The molecule has 0 bridgehead atoms. The monoisotopic (exact) mass is 400 g/mol. The summed E-state index contributed by atoms with van der Waals surface area (Å²) in [5.74, 6) is 0.365. The van der Waals surface area contributed by atoms with E-state index in [1.807, 2.05) is 24.3 Å². The molecule has 2 aromatic carbocycles. The molecule has 1 atom stereocenters. The fourth-order valence-electron chi connectivity index (χ4n) is 2.87. The number of benzene rings is 2. The second kappa shape index (κ2) is 11.2. The maximum absolute atomic E-state index is 13.1. The van der Waals surface area contributed by atoms with Crippen LogP contribution in [0.4, 0.5) is 4.39 Å². The average molecular weight is 400 g/mol. The number of hydrogen-bond acceptors (Lipinski definition) is 3. The molecule has 1 amide bonds. The van der Waals surface area contributed by atoms with Crippen molar-refractivity contribution < 1.29 is 13.9 Å². The van der Waals surface area contributed by atoms with Gasteiger partial charge in [-0.15, -0.1) is 0 Å². The second-order valence-electron chi connectivity index (χ2n) is 6.81. The van der Waals surface area contributed by atoms with E-state index in [9.17, 15) is 9.18 Å². The summed E-state index contributed by atoms with van der Waals surface area (Å²) in [6, 6.07) is 13.9. The molecule has 0 saturated carbocycles. The van der Waals surface area contributed by atoms with E-state index in [1.165, 1.54) is 12.1 Å². The number of nitrogens with zero attached hydrogens (tertiary/aromatic N) is 2. The van der Waals surface area contributed by atoms with Crippen LogP contribution in [0.2, 0.25) is 0 Å². The van der Waals surface area contributed by atoms with Crippen LogP contribution in [0, 0.1) is 5.82 Å². The lowest BCUT2D eigenvalue weighted by Gasteiger charge is -2.19. The van der Waals surface area contributed by atoms with Gasteiger partial charge in [0.05, 0.1) is 6.10 Å². The molecule has 6 nitrogen and oxygen atoms in total. The molecule has 0 aliphatic rings. The molecule has 0 spiro atoms. The third-order valence-corrected chi connectivity index (χ3v) is 4.49.